The van der Waals surface area contributed by atoms with Gasteiger partial charge in [0.15, 0.2) is 5.78 Å². The molecule has 0 radical (unpaired) electrons. The molecule has 1 aromatic carbocycles. The number of carboxylic acids is 1. The van der Waals surface area contributed by atoms with Crippen LogP contribution in [0.1, 0.15) is 51.6 Å². The van der Waals surface area contributed by atoms with Crippen molar-refractivity contribution in [2.75, 3.05) is 0 Å². The normalized spacial score (nSPS) is 14.4. The van der Waals surface area contributed by atoms with Gasteiger partial charge in [-0.05, 0) is 49.5 Å². The maximum Gasteiger partial charge on any atom is 0.338 e. The third kappa shape index (κ3) is 4.14. The first-order valence-corrected chi connectivity index (χ1v) is 9.72. The van der Waals surface area contributed by atoms with E-state index in [4.69, 9.17) is 9.84 Å². The van der Waals surface area contributed by atoms with Gasteiger partial charge in [-0.15, -0.1) is 0 Å². The summed E-state index contributed by atoms with van der Waals surface area (Å²) < 4.78 is 24.0. The molecule has 4 rings (SSSR count). The summed E-state index contributed by atoms with van der Waals surface area (Å²) in [5.41, 5.74) is 0.959. The van der Waals surface area contributed by atoms with Gasteiger partial charge in [-0.25, -0.2) is 19.2 Å². The summed E-state index contributed by atoms with van der Waals surface area (Å²) in [7, 11) is 0. The van der Waals surface area contributed by atoms with Crippen molar-refractivity contribution >= 4 is 23.3 Å². The van der Waals surface area contributed by atoms with Crippen LogP contribution in [0.15, 0.2) is 36.7 Å². The molecule has 9 heteroatoms. The summed E-state index contributed by atoms with van der Waals surface area (Å²) in [4.78, 5) is 32.0. The Labute approximate surface area is 169 Å². The van der Waals surface area contributed by atoms with E-state index >= 15 is 0 Å². The van der Waals surface area contributed by atoms with Crippen molar-refractivity contribution in [1.29, 1.82) is 0 Å². The molecule has 1 N–H and O–H groups in total. The van der Waals surface area contributed by atoms with Crippen LogP contribution in [0.5, 0.6) is 5.88 Å². The van der Waals surface area contributed by atoms with Gasteiger partial charge in [0.05, 0.1) is 28.5 Å². The fraction of sp³-hybridized carbons (Fsp3) is 0.250. The van der Waals surface area contributed by atoms with Crippen molar-refractivity contribution in [3.05, 3.63) is 58.6 Å². The lowest BCUT2D eigenvalue weighted by Gasteiger charge is -2.11. The van der Waals surface area contributed by atoms with Crippen molar-refractivity contribution in [1.82, 2.24) is 14.3 Å². The lowest BCUT2D eigenvalue weighted by molar-refractivity contribution is 0.0691. The quantitative estimate of drug-likeness (QED) is 0.580. The van der Waals surface area contributed by atoms with E-state index in [1.807, 2.05) is 6.92 Å². The standard InChI is InChI=1S/C20H16FN3O4S/c1-10(28-18-9-22-16(8-23-18)19(25)11-2-3-11)17-7-15(24-29-17)12-4-5-13(20(26)27)14(21)6-12/h4-11H,2-3H2,1H3,(H,26,27)/t10-/m1/s1. The summed E-state index contributed by atoms with van der Waals surface area (Å²) in [5, 5.41) is 8.92. The summed E-state index contributed by atoms with van der Waals surface area (Å²) in [6.45, 7) is 1.82. The molecule has 0 aliphatic heterocycles. The highest BCUT2D eigenvalue weighted by Gasteiger charge is 2.31. The Bertz CT molecular complexity index is 1080. The first-order valence-electron chi connectivity index (χ1n) is 8.95. The van der Waals surface area contributed by atoms with Crippen LogP contribution in [0.3, 0.4) is 0 Å². The van der Waals surface area contributed by atoms with Crippen molar-refractivity contribution in [2.45, 2.75) is 25.9 Å². The molecule has 0 spiro atoms. The van der Waals surface area contributed by atoms with Crippen molar-refractivity contribution in [3.63, 3.8) is 0 Å². The van der Waals surface area contributed by atoms with E-state index in [0.717, 1.165) is 23.8 Å². The number of carbonyl (C=O) groups is 2. The Morgan fingerprint density at radius 3 is 2.66 bits per heavy atom. The number of carbonyl (C=O) groups excluding carboxylic acids is 1. The molecular formula is C20H16FN3O4S. The molecule has 1 fully saturated rings. The molecule has 1 aliphatic carbocycles. The molecule has 3 aromatic rings. The van der Waals surface area contributed by atoms with Gasteiger partial charge in [0.1, 0.15) is 17.6 Å². The van der Waals surface area contributed by atoms with Crippen LogP contribution in [0.25, 0.3) is 11.3 Å². The zero-order valence-corrected chi connectivity index (χ0v) is 16.1. The fourth-order valence-corrected chi connectivity index (χ4v) is 3.49. The van der Waals surface area contributed by atoms with E-state index in [9.17, 15) is 14.0 Å². The van der Waals surface area contributed by atoms with E-state index in [-0.39, 0.29) is 29.2 Å². The highest BCUT2D eigenvalue weighted by molar-refractivity contribution is 7.06. The van der Waals surface area contributed by atoms with Gasteiger partial charge in [-0.1, -0.05) is 6.07 Å². The van der Waals surface area contributed by atoms with Gasteiger partial charge < -0.3 is 9.84 Å². The Morgan fingerprint density at radius 2 is 2.03 bits per heavy atom. The number of hydrogen-bond acceptors (Lipinski definition) is 7. The van der Waals surface area contributed by atoms with Crippen LogP contribution in [-0.2, 0) is 0 Å². The lowest BCUT2D eigenvalue weighted by atomic mass is 10.1. The molecule has 1 aliphatic rings. The van der Waals surface area contributed by atoms with E-state index in [2.05, 4.69) is 14.3 Å². The molecular weight excluding hydrogens is 397 g/mol. The Balaban J connectivity index is 1.45. The highest BCUT2D eigenvalue weighted by atomic mass is 32.1. The minimum Gasteiger partial charge on any atom is -0.478 e. The number of aromatic carboxylic acids is 1. The summed E-state index contributed by atoms with van der Waals surface area (Å²) >= 11 is 1.19. The number of nitrogens with zero attached hydrogens (tertiary/aromatic N) is 3. The molecule has 148 valence electrons. The van der Waals surface area contributed by atoms with Gasteiger partial charge in [0.2, 0.25) is 5.88 Å². The second kappa shape index (κ2) is 7.67. The molecule has 29 heavy (non-hydrogen) atoms. The number of Topliss-reactive ketones (excluding diaryl/α,β-unsaturated/α-hetero) is 1. The minimum absolute atomic E-state index is 0.0188. The van der Waals surface area contributed by atoms with Crippen molar-refractivity contribution in [3.8, 4) is 17.1 Å². The van der Waals surface area contributed by atoms with Crippen LogP contribution in [-0.4, -0.2) is 31.2 Å². The average molecular weight is 413 g/mol. The second-order valence-corrected chi connectivity index (χ2v) is 7.59. The number of hydrogen-bond donors (Lipinski definition) is 1. The highest BCUT2D eigenvalue weighted by Crippen LogP contribution is 2.32. The number of aromatic nitrogens is 3. The first kappa shape index (κ1) is 19.1. The molecule has 0 saturated heterocycles. The lowest BCUT2D eigenvalue weighted by Crippen LogP contribution is -2.07. The molecule has 1 saturated carbocycles. The van der Waals surface area contributed by atoms with E-state index < -0.39 is 11.8 Å². The average Bonchev–Trinajstić information content (AvgIpc) is 3.43. The molecule has 0 bridgehead atoms. The largest absolute Gasteiger partial charge is 0.478 e. The Kier molecular flexibility index (Phi) is 5.06. The summed E-state index contributed by atoms with van der Waals surface area (Å²) in [5.74, 6) is -1.74. The van der Waals surface area contributed by atoms with Crippen LogP contribution >= 0.6 is 11.5 Å². The molecule has 1 atom stereocenters. The third-order valence-corrected chi connectivity index (χ3v) is 5.50. The van der Waals surface area contributed by atoms with Gasteiger partial charge in [-0.3, -0.25) is 4.79 Å². The van der Waals surface area contributed by atoms with Crippen LogP contribution in [0.4, 0.5) is 4.39 Å². The monoisotopic (exact) mass is 413 g/mol. The predicted molar refractivity (Wildman–Crippen MR) is 103 cm³/mol. The number of carboxylic acid groups (broad SMARTS) is 1. The van der Waals surface area contributed by atoms with E-state index in [0.29, 0.717) is 17.0 Å². The van der Waals surface area contributed by atoms with Gasteiger partial charge in [-0.2, -0.15) is 4.37 Å². The van der Waals surface area contributed by atoms with Crippen LogP contribution in [0.2, 0.25) is 0 Å². The van der Waals surface area contributed by atoms with Crippen molar-refractivity contribution in [2.24, 2.45) is 5.92 Å². The SMILES string of the molecule is C[C@@H](Oc1cnc(C(=O)C2CC2)cn1)c1cc(-c2ccc(C(=O)O)c(F)c2)ns1. The number of ether oxygens (including phenoxy) is 1. The van der Waals surface area contributed by atoms with Crippen molar-refractivity contribution < 1.29 is 23.8 Å². The third-order valence-electron chi connectivity index (χ3n) is 4.55. The maximum atomic E-state index is 13.9. The Morgan fingerprint density at radius 1 is 1.24 bits per heavy atom. The minimum atomic E-state index is -1.32. The molecule has 0 unspecified atom stereocenters. The van der Waals surface area contributed by atoms with E-state index in [1.165, 1.54) is 36.1 Å². The maximum absolute atomic E-state index is 13.9. The van der Waals surface area contributed by atoms with Crippen LogP contribution in [0, 0.1) is 11.7 Å². The molecule has 2 heterocycles. The van der Waals surface area contributed by atoms with Gasteiger partial charge in [0, 0.05) is 11.5 Å². The molecule has 0 amide bonds. The topological polar surface area (TPSA) is 102 Å². The van der Waals surface area contributed by atoms with Gasteiger partial charge >= 0.3 is 5.97 Å². The zero-order valence-electron chi connectivity index (χ0n) is 15.3. The summed E-state index contributed by atoms with van der Waals surface area (Å²) in [6, 6.07) is 5.63. The zero-order chi connectivity index (χ0) is 20.5. The van der Waals surface area contributed by atoms with Gasteiger partial charge in [0.25, 0.3) is 0 Å². The molecule has 2 aromatic heterocycles. The van der Waals surface area contributed by atoms with E-state index in [1.54, 1.807) is 6.07 Å². The number of halogens is 1. The van der Waals surface area contributed by atoms with Crippen LogP contribution < -0.4 is 4.74 Å². The first-order chi connectivity index (χ1) is 13.9. The number of ketones is 1. The second-order valence-electron chi connectivity index (χ2n) is 6.75. The fourth-order valence-electron chi connectivity index (χ4n) is 2.76. The number of benzene rings is 1. The number of rotatable bonds is 7. The Hall–Kier alpha value is -3.20. The summed E-state index contributed by atoms with van der Waals surface area (Å²) in [6.07, 6.45) is 4.28. The predicted octanol–water partition coefficient (Wildman–Crippen LogP) is 4.17. The smallest absolute Gasteiger partial charge is 0.338 e. The molecule has 7 nitrogen and oxygen atoms in total.